The third kappa shape index (κ3) is 12.0. The minimum absolute atomic E-state index is 0.0851. The molecule has 0 radical (unpaired) electrons. The van der Waals surface area contributed by atoms with Crippen molar-refractivity contribution >= 4 is 41.4 Å². The lowest BCUT2D eigenvalue weighted by Gasteiger charge is -2.25. The number of thioether (sulfide) groups is 1. The Labute approximate surface area is 220 Å². The van der Waals surface area contributed by atoms with E-state index in [1.54, 1.807) is 13.8 Å². The molecule has 0 saturated carbocycles. The Kier molecular flexibility index (Phi) is 14.1. The van der Waals surface area contributed by atoms with Gasteiger partial charge in [0.25, 0.3) is 0 Å². The molecule has 0 aliphatic rings. The molecular formula is C22H39N9O5S. The fraction of sp³-hybridized carbons (Fsp3) is 0.636. The number of guanidine groups is 1. The highest BCUT2D eigenvalue weighted by molar-refractivity contribution is 7.98. The van der Waals surface area contributed by atoms with E-state index in [0.29, 0.717) is 17.9 Å². The van der Waals surface area contributed by atoms with Crippen molar-refractivity contribution in [3.05, 3.63) is 18.2 Å². The number of aliphatic carboxylic acids is 1. The molecule has 0 aliphatic carbocycles. The van der Waals surface area contributed by atoms with Crippen molar-refractivity contribution in [3.63, 3.8) is 0 Å². The number of carbonyl (C=O) groups excluding carboxylic acids is 3. The molecule has 208 valence electrons. The zero-order valence-electron chi connectivity index (χ0n) is 21.4. The highest BCUT2D eigenvalue weighted by Crippen LogP contribution is 2.07. The minimum Gasteiger partial charge on any atom is -0.480 e. The summed E-state index contributed by atoms with van der Waals surface area (Å²) in [6.07, 6.45) is 5.55. The van der Waals surface area contributed by atoms with E-state index in [9.17, 15) is 24.3 Å². The van der Waals surface area contributed by atoms with Crippen LogP contribution in [0, 0.1) is 5.92 Å². The lowest BCUT2D eigenvalue weighted by Crippen LogP contribution is -2.58. The number of aromatic nitrogens is 2. The molecule has 0 aromatic carbocycles. The third-order valence-corrected chi connectivity index (χ3v) is 6.08. The number of nitrogens with zero attached hydrogens (tertiary/aromatic N) is 2. The van der Waals surface area contributed by atoms with Crippen LogP contribution in [0.25, 0.3) is 0 Å². The van der Waals surface area contributed by atoms with Gasteiger partial charge >= 0.3 is 5.97 Å². The summed E-state index contributed by atoms with van der Waals surface area (Å²) in [6.45, 7) is 3.78. The van der Waals surface area contributed by atoms with Gasteiger partial charge < -0.3 is 43.2 Å². The number of rotatable bonds is 17. The van der Waals surface area contributed by atoms with Crippen LogP contribution < -0.4 is 33.2 Å². The third-order valence-electron chi connectivity index (χ3n) is 5.44. The van der Waals surface area contributed by atoms with Crippen molar-refractivity contribution in [2.24, 2.45) is 28.1 Å². The molecule has 0 bridgehead atoms. The molecule has 0 spiro atoms. The number of imidazole rings is 1. The molecule has 4 atom stereocenters. The summed E-state index contributed by atoms with van der Waals surface area (Å²) < 4.78 is 0. The number of nitrogens with one attached hydrogen (secondary N) is 4. The van der Waals surface area contributed by atoms with E-state index in [1.165, 1.54) is 24.3 Å². The van der Waals surface area contributed by atoms with Gasteiger partial charge in [0, 0.05) is 24.9 Å². The number of nitrogens with two attached hydrogens (primary N) is 3. The van der Waals surface area contributed by atoms with Crippen LogP contribution in [0.2, 0.25) is 0 Å². The molecule has 11 N–H and O–H groups in total. The predicted octanol–water partition coefficient (Wildman–Crippen LogP) is -1.72. The second kappa shape index (κ2) is 16.4. The quantitative estimate of drug-likeness (QED) is 0.0629. The topological polar surface area (TPSA) is 244 Å². The van der Waals surface area contributed by atoms with Gasteiger partial charge in [-0.2, -0.15) is 11.8 Å². The van der Waals surface area contributed by atoms with Crippen molar-refractivity contribution in [2.75, 3.05) is 18.6 Å². The maximum Gasteiger partial charge on any atom is 0.326 e. The largest absolute Gasteiger partial charge is 0.480 e. The normalized spacial score (nSPS) is 14.2. The van der Waals surface area contributed by atoms with Gasteiger partial charge in [-0.05, 0) is 37.2 Å². The first kappa shape index (κ1) is 31.7. The van der Waals surface area contributed by atoms with E-state index < -0.39 is 47.9 Å². The molecule has 14 nitrogen and oxygen atoms in total. The summed E-state index contributed by atoms with van der Waals surface area (Å²) in [4.78, 5) is 61.1. The highest BCUT2D eigenvalue weighted by Gasteiger charge is 2.31. The van der Waals surface area contributed by atoms with E-state index in [0.717, 1.165) is 0 Å². The number of carboxylic acids is 1. The van der Waals surface area contributed by atoms with Crippen molar-refractivity contribution in [1.29, 1.82) is 0 Å². The van der Waals surface area contributed by atoms with Crippen LogP contribution in [-0.4, -0.2) is 87.4 Å². The van der Waals surface area contributed by atoms with Crippen LogP contribution in [-0.2, 0) is 25.6 Å². The molecule has 37 heavy (non-hydrogen) atoms. The summed E-state index contributed by atoms with van der Waals surface area (Å²) >= 11 is 1.46. The van der Waals surface area contributed by atoms with E-state index in [2.05, 4.69) is 30.9 Å². The first-order valence-corrected chi connectivity index (χ1v) is 13.3. The van der Waals surface area contributed by atoms with Gasteiger partial charge in [0.05, 0.1) is 12.4 Å². The number of aromatic amines is 1. The summed E-state index contributed by atoms with van der Waals surface area (Å²) in [6, 6.07) is -4.10. The van der Waals surface area contributed by atoms with Gasteiger partial charge in [-0.25, -0.2) is 9.78 Å². The molecule has 1 heterocycles. The maximum absolute atomic E-state index is 13.2. The van der Waals surface area contributed by atoms with Crippen LogP contribution in [0.5, 0.6) is 0 Å². The summed E-state index contributed by atoms with van der Waals surface area (Å²) in [5.41, 5.74) is 17.1. The zero-order valence-corrected chi connectivity index (χ0v) is 22.2. The summed E-state index contributed by atoms with van der Waals surface area (Å²) in [5.74, 6) is -2.73. The number of hydrogen-bond acceptors (Lipinski definition) is 8. The standard InChI is InChI=1S/C22H39N9O5S/c1-12(2)17(23)20(34)31-16(9-13-10-26-11-28-13)19(33)29-14(6-8-37-3)18(32)30-15(21(35)36)5-4-7-27-22(24)25/h10-12,14-17H,4-9,23H2,1-3H3,(H,26,28)(H,29,33)(H,30,32)(H,31,34)(H,35,36)(H4,24,25,27). The van der Waals surface area contributed by atoms with Crippen molar-refractivity contribution in [3.8, 4) is 0 Å². The number of amides is 3. The molecule has 1 aromatic rings. The lowest BCUT2D eigenvalue weighted by molar-refractivity contribution is -0.142. The van der Waals surface area contributed by atoms with Gasteiger partial charge in [-0.1, -0.05) is 13.8 Å². The van der Waals surface area contributed by atoms with Gasteiger partial charge in [0.15, 0.2) is 5.96 Å². The summed E-state index contributed by atoms with van der Waals surface area (Å²) in [5, 5.41) is 17.3. The van der Waals surface area contributed by atoms with Crippen molar-refractivity contribution < 1.29 is 24.3 Å². The number of aliphatic imine (C=N–C) groups is 1. The van der Waals surface area contributed by atoms with Gasteiger partial charge in [-0.3, -0.25) is 19.4 Å². The monoisotopic (exact) mass is 541 g/mol. The molecular weight excluding hydrogens is 502 g/mol. The van der Waals surface area contributed by atoms with Crippen molar-refractivity contribution in [1.82, 2.24) is 25.9 Å². The average Bonchev–Trinajstić information content (AvgIpc) is 3.35. The van der Waals surface area contributed by atoms with Gasteiger partial charge in [-0.15, -0.1) is 0 Å². The number of hydrogen-bond donors (Lipinski definition) is 8. The van der Waals surface area contributed by atoms with E-state index >= 15 is 0 Å². The lowest BCUT2D eigenvalue weighted by atomic mass is 10.0. The predicted molar refractivity (Wildman–Crippen MR) is 141 cm³/mol. The Morgan fingerprint density at radius 1 is 1.05 bits per heavy atom. The second-order valence-electron chi connectivity index (χ2n) is 8.80. The number of H-pyrrole nitrogens is 1. The Balaban J connectivity index is 2.98. The molecule has 15 heteroatoms. The fourth-order valence-corrected chi connectivity index (χ4v) is 3.68. The second-order valence-corrected chi connectivity index (χ2v) is 9.79. The Hall–Kier alpha value is -3.33. The van der Waals surface area contributed by atoms with Gasteiger partial charge in [0.2, 0.25) is 17.7 Å². The smallest absolute Gasteiger partial charge is 0.326 e. The van der Waals surface area contributed by atoms with Crippen LogP contribution >= 0.6 is 11.8 Å². The first-order chi connectivity index (χ1) is 17.5. The first-order valence-electron chi connectivity index (χ1n) is 11.9. The van der Waals surface area contributed by atoms with Gasteiger partial charge in [0.1, 0.15) is 18.1 Å². The fourth-order valence-electron chi connectivity index (χ4n) is 3.21. The molecule has 0 saturated heterocycles. The molecule has 0 fully saturated rings. The average molecular weight is 542 g/mol. The molecule has 0 aliphatic heterocycles. The SMILES string of the molecule is CSCCC(NC(=O)C(Cc1cnc[nH]1)NC(=O)C(N)C(C)C)C(=O)NC(CCCN=C(N)N)C(=O)O. The summed E-state index contributed by atoms with van der Waals surface area (Å²) in [7, 11) is 0. The Morgan fingerprint density at radius 2 is 1.68 bits per heavy atom. The van der Waals surface area contributed by atoms with Crippen LogP contribution in [0.3, 0.4) is 0 Å². The van der Waals surface area contributed by atoms with E-state index in [-0.39, 0.29) is 37.7 Å². The van der Waals surface area contributed by atoms with Crippen LogP contribution in [0.4, 0.5) is 0 Å². The van der Waals surface area contributed by atoms with Crippen LogP contribution in [0.15, 0.2) is 17.5 Å². The zero-order chi connectivity index (χ0) is 28.0. The molecule has 1 rings (SSSR count). The Morgan fingerprint density at radius 3 is 2.22 bits per heavy atom. The number of carboxylic acid groups (broad SMARTS) is 1. The van der Waals surface area contributed by atoms with Crippen molar-refractivity contribution in [2.45, 2.75) is 63.7 Å². The number of carbonyl (C=O) groups is 4. The van der Waals surface area contributed by atoms with E-state index in [4.69, 9.17) is 17.2 Å². The maximum atomic E-state index is 13.2. The molecule has 3 amide bonds. The minimum atomic E-state index is -1.22. The highest BCUT2D eigenvalue weighted by atomic mass is 32.2. The molecule has 1 aromatic heterocycles. The van der Waals surface area contributed by atoms with Crippen LogP contribution in [0.1, 0.15) is 38.8 Å². The molecule has 4 unspecified atom stereocenters. The Bertz CT molecular complexity index is 906. The van der Waals surface area contributed by atoms with E-state index in [1.807, 2.05) is 6.26 Å².